The molecule has 0 saturated carbocycles. The Balaban J connectivity index is 0.00000243. The zero-order valence-electron chi connectivity index (χ0n) is 14.2. The van der Waals surface area contributed by atoms with Crippen molar-refractivity contribution in [3.8, 4) is 0 Å². The first-order chi connectivity index (χ1) is 11.8. The summed E-state index contributed by atoms with van der Waals surface area (Å²) in [5.74, 6) is -0.0763. The van der Waals surface area contributed by atoms with E-state index in [1.54, 1.807) is 0 Å². The van der Waals surface area contributed by atoms with E-state index < -0.39 is 19.9 Å². The molecule has 1 heterocycles. The molecular weight excluding hydrogens is 396 g/mol. The van der Waals surface area contributed by atoms with Crippen molar-refractivity contribution in [2.24, 2.45) is 0 Å². The smallest absolute Gasteiger partial charge is 0.240 e. The summed E-state index contributed by atoms with van der Waals surface area (Å²) in [6.07, 6.45) is 0. The number of sulfonamides is 1. The summed E-state index contributed by atoms with van der Waals surface area (Å²) in [5.41, 5.74) is 3.26. The molecule has 0 unspecified atom stereocenters. The monoisotopic (exact) mass is 416 g/mol. The van der Waals surface area contributed by atoms with Crippen molar-refractivity contribution < 1.29 is 16.8 Å². The zero-order chi connectivity index (χ0) is 18.1. The van der Waals surface area contributed by atoms with Crippen LogP contribution in [0.4, 0.5) is 0 Å². The Morgan fingerprint density at radius 3 is 2.38 bits per heavy atom. The van der Waals surface area contributed by atoms with E-state index in [0.717, 1.165) is 18.7 Å². The van der Waals surface area contributed by atoms with Gasteiger partial charge in [-0.15, -0.1) is 12.4 Å². The van der Waals surface area contributed by atoms with Crippen molar-refractivity contribution in [3.63, 3.8) is 0 Å². The summed E-state index contributed by atoms with van der Waals surface area (Å²) in [5, 5.41) is 3.24. The van der Waals surface area contributed by atoms with E-state index in [9.17, 15) is 16.8 Å². The van der Waals surface area contributed by atoms with Gasteiger partial charge >= 0.3 is 0 Å². The number of halogens is 1. The van der Waals surface area contributed by atoms with Crippen LogP contribution in [0.2, 0.25) is 0 Å². The first kappa shape index (κ1) is 20.9. The molecule has 0 fully saturated rings. The third-order valence-corrected chi connectivity index (χ3v) is 7.35. The molecule has 0 radical (unpaired) electrons. The lowest BCUT2D eigenvalue weighted by Gasteiger charge is -2.09. The number of benzene rings is 2. The van der Waals surface area contributed by atoms with Crippen molar-refractivity contribution in [1.29, 1.82) is 0 Å². The molecule has 26 heavy (non-hydrogen) atoms. The zero-order valence-corrected chi connectivity index (χ0v) is 16.7. The minimum atomic E-state index is -3.79. The molecule has 142 valence electrons. The summed E-state index contributed by atoms with van der Waals surface area (Å²) in [4.78, 5) is -0.0358. The van der Waals surface area contributed by atoms with Crippen molar-refractivity contribution in [1.82, 2.24) is 10.0 Å². The van der Waals surface area contributed by atoms with Crippen molar-refractivity contribution in [3.05, 3.63) is 59.2 Å². The largest absolute Gasteiger partial charge is 0.309 e. The second-order valence-electron chi connectivity index (χ2n) is 5.91. The predicted molar refractivity (Wildman–Crippen MR) is 102 cm³/mol. The Bertz CT molecular complexity index is 1010. The third kappa shape index (κ3) is 4.44. The molecule has 0 spiro atoms. The molecule has 0 amide bonds. The Morgan fingerprint density at radius 1 is 0.962 bits per heavy atom. The van der Waals surface area contributed by atoms with Crippen LogP contribution in [0.3, 0.4) is 0 Å². The molecule has 0 saturated heterocycles. The lowest BCUT2D eigenvalue weighted by Crippen LogP contribution is -2.23. The average molecular weight is 417 g/mol. The molecule has 0 atom stereocenters. The Morgan fingerprint density at radius 2 is 1.65 bits per heavy atom. The van der Waals surface area contributed by atoms with Crippen molar-refractivity contribution in [2.75, 3.05) is 5.75 Å². The van der Waals surface area contributed by atoms with Gasteiger partial charge < -0.3 is 5.32 Å². The van der Waals surface area contributed by atoms with Crippen LogP contribution >= 0.6 is 12.4 Å². The van der Waals surface area contributed by atoms with Gasteiger partial charge in [0.25, 0.3) is 0 Å². The number of nitrogens with one attached hydrogen (secondary N) is 2. The topological polar surface area (TPSA) is 92.3 Å². The Labute approximate surface area is 160 Å². The summed E-state index contributed by atoms with van der Waals surface area (Å²) < 4.78 is 51.4. The van der Waals surface area contributed by atoms with Gasteiger partial charge in [0.1, 0.15) is 0 Å². The standard InChI is InChI=1S/C17H20N2O4S2.ClH/c1-2-24(20,21)16-4-3-5-17(9-16)25(22,23)19-10-13-6-7-14-11-18-12-15(14)8-13;/h3-9,18-19H,2,10-12H2,1H3;1H. The van der Waals surface area contributed by atoms with Crippen LogP contribution in [0.25, 0.3) is 0 Å². The fourth-order valence-electron chi connectivity index (χ4n) is 2.72. The van der Waals surface area contributed by atoms with E-state index in [0.29, 0.717) is 0 Å². The number of hydrogen-bond donors (Lipinski definition) is 2. The molecule has 2 N–H and O–H groups in total. The van der Waals surface area contributed by atoms with Gasteiger partial charge in [0.05, 0.1) is 15.5 Å². The third-order valence-electron chi connectivity index (χ3n) is 4.22. The van der Waals surface area contributed by atoms with Gasteiger partial charge in [0, 0.05) is 19.6 Å². The lowest BCUT2D eigenvalue weighted by atomic mass is 10.1. The van der Waals surface area contributed by atoms with E-state index in [1.807, 2.05) is 18.2 Å². The highest BCUT2D eigenvalue weighted by molar-refractivity contribution is 7.91. The molecule has 2 aromatic rings. The van der Waals surface area contributed by atoms with E-state index in [1.165, 1.54) is 42.3 Å². The first-order valence-electron chi connectivity index (χ1n) is 7.96. The second kappa shape index (κ2) is 8.06. The minimum Gasteiger partial charge on any atom is -0.309 e. The average Bonchev–Trinajstić information content (AvgIpc) is 3.08. The second-order valence-corrected chi connectivity index (χ2v) is 9.95. The summed E-state index contributed by atoms with van der Waals surface area (Å²) >= 11 is 0. The normalized spacial score (nSPS) is 13.9. The molecule has 0 bridgehead atoms. The Kier molecular flexibility index (Phi) is 6.46. The van der Waals surface area contributed by atoms with Crippen molar-refractivity contribution in [2.45, 2.75) is 36.3 Å². The van der Waals surface area contributed by atoms with Gasteiger partial charge in [-0.3, -0.25) is 0 Å². The Hall–Kier alpha value is -1.45. The van der Waals surface area contributed by atoms with Crippen LogP contribution in [0.5, 0.6) is 0 Å². The maximum absolute atomic E-state index is 12.5. The molecule has 3 rings (SSSR count). The van der Waals surface area contributed by atoms with E-state index in [2.05, 4.69) is 10.0 Å². The highest BCUT2D eigenvalue weighted by Crippen LogP contribution is 2.19. The maximum Gasteiger partial charge on any atom is 0.240 e. The van der Waals surface area contributed by atoms with Gasteiger partial charge in [-0.25, -0.2) is 21.6 Å². The summed E-state index contributed by atoms with van der Waals surface area (Å²) in [6.45, 7) is 3.30. The van der Waals surface area contributed by atoms with E-state index in [-0.39, 0.29) is 34.5 Å². The van der Waals surface area contributed by atoms with Crippen LogP contribution in [0.15, 0.2) is 52.3 Å². The molecule has 1 aliphatic heterocycles. The molecule has 0 aliphatic carbocycles. The lowest BCUT2D eigenvalue weighted by molar-refractivity contribution is 0.581. The number of sulfone groups is 1. The van der Waals surface area contributed by atoms with Crippen LogP contribution < -0.4 is 10.0 Å². The fraction of sp³-hybridized carbons (Fsp3) is 0.294. The minimum absolute atomic E-state index is 0. The first-order valence-corrected chi connectivity index (χ1v) is 11.1. The van der Waals surface area contributed by atoms with Crippen molar-refractivity contribution >= 4 is 32.3 Å². The molecule has 6 nitrogen and oxygen atoms in total. The molecule has 0 aromatic heterocycles. The van der Waals surface area contributed by atoms with E-state index >= 15 is 0 Å². The number of rotatable bonds is 6. The van der Waals surface area contributed by atoms with Crippen LogP contribution in [-0.4, -0.2) is 22.6 Å². The molecule has 1 aliphatic rings. The van der Waals surface area contributed by atoms with Gasteiger partial charge in [-0.1, -0.05) is 31.2 Å². The number of fused-ring (bicyclic) bond motifs is 1. The highest BCUT2D eigenvalue weighted by atomic mass is 35.5. The fourth-order valence-corrected chi connectivity index (χ4v) is 4.78. The molecule has 9 heteroatoms. The van der Waals surface area contributed by atoms with Gasteiger partial charge in [-0.2, -0.15) is 0 Å². The van der Waals surface area contributed by atoms with Gasteiger partial charge in [0.15, 0.2) is 9.84 Å². The van der Waals surface area contributed by atoms with Crippen LogP contribution in [0.1, 0.15) is 23.6 Å². The SMILES string of the molecule is CCS(=O)(=O)c1cccc(S(=O)(=O)NCc2ccc3c(c2)CNC3)c1.Cl. The predicted octanol–water partition coefficient (Wildman–Crippen LogP) is 1.98. The van der Waals surface area contributed by atoms with Crippen LogP contribution in [-0.2, 0) is 39.5 Å². The summed E-state index contributed by atoms with van der Waals surface area (Å²) in [6, 6.07) is 11.3. The number of hydrogen-bond acceptors (Lipinski definition) is 5. The quantitative estimate of drug-likeness (QED) is 0.751. The van der Waals surface area contributed by atoms with E-state index in [4.69, 9.17) is 0 Å². The maximum atomic E-state index is 12.5. The molecule has 2 aromatic carbocycles. The van der Waals surface area contributed by atoms with Gasteiger partial charge in [0.2, 0.25) is 10.0 Å². The highest BCUT2D eigenvalue weighted by Gasteiger charge is 2.19. The summed E-state index contributed by atoms with van der Waals surface area (Å²) in [7, 11) is -7.25. The molecular formula is C17H21ClN2O4S2. The van der Waals surface area contributed by atoms with Crippen LogP contribution in [0, 0.1) is 0 Å². The van der Waals surface area contributed by atoms with Gasteiger partial charge in [-0.05, 0) is 34.9 Å².